The number of aliphatic hydroxyl groups is 1. The number of rotatable bonds is 14. The molecular formula is C32H44N4O4. The number of aromatic amines is 1. The molecule has 0 unspecified atom stereocenters. The van der Waals surface area contributed by atoms with Crippen molar-refractivity contribution in [2.75, 3.05) is 6.61 Å². The van der Waals surface area contributed by atoms with E-state index in [-0.39, 0.29) is 24.3 Å². The molecule has 0 aliphatic carbocycles. The number of nitrogens with zero attached hydrogens (tertiary/aromatic N) is 1. The van der Waals surface area contributed by atoms with Crippen molar-refractivity contribution < 1.29 is 19.4 Å². The predicted octanol–water partition coefficient (Wildman–Crippen LogP) is 5.11. The van der Waals surface area contributed by atoms with Gasteiger partial charge in [0.25, 0.3) is 0 Å². The van der Waals surface area contributed by atoms with Crippen molar-refractivity contribution in [3.63, 3.8) is 0 Å². The summed E-state index contributed by atoms with van der Waals surface area (Å²) < 4.78 is 5.01. The summed E-state index contributed by atoms with van der Waals surface area (Å²) in [7, 11) is 0. The van der Waals surface area contributed by atoms with Crippen LogP contribution in [0.2, 0.25) is 0 Å². The second-order valence-electron chi connectivity index (χ2n) is 11.0. The average molecular weight is 549 g/mol. The number of hydrogen-bond acceptors (Lipinski definition) is 5. The molecule has 8 heteroatoms. The van der Waals surface area contributed by atoms with Crippen LogP contribution in [0.25, 0.3) is 0 Å². The van der Waals surface area contributed by atoms with Crippen LogP contribution in [-0.2, 0) is 22.4 Å². The fourth-order valence-corrected chi connectivity index (χ4v) is 4.76. The quantitative estimate of drug-likeness (QED) is 0.223. The Kier molecular flexibility index (Phi) is 11.8. The molecule has 1 aromatic heterocycles. The third-order valence-corrected chi connectivity index (χ3v) is 7.06. The van der Waals surface area contributed by atoms with Crippen molar-refractivity contribution in [3.05, 3.63) is 89.5 Å². The molecule has 0 saturated carbocycles. The number of nitrogens with one attached hydrogen (secondary N) is 3. The number of imidazole rings is 1. The van der Waals surface area contributed by atoms with Crippen LogP contribution in [0.4, 0.5) is 4.79 Å². The highest BCUT2D eigenvalue weighted by atomic mass is 16.5. The highest BCUT2D eigenvalue weighted by Gasteiger charge is 2.31. The van der Waals surface area contributed by atoms with Crippen LogP contribution in [-0.4, -0.2) is 51.9 Å². The molecule has 2 aromatic carbocycles. The van der Waals surface area contributed by atoms with E-state index in [1.807, 2.05) is 68.6 Å². The number of hydrogen-bond donors (Lipinski definition) is 4. The topological polar surface area (TPSA) is 116 Å². The van der Waals surface area contributed by atoms with Crippen LogP contribution in [0.15, 0.2) is 66.9 Å². The van der Waals surface area contributed by atoms with Gasteiger partial charge < -0.3 is 25.5 Å². The minimum Gasteiger partial charge on any atom is -0.450 e. The molecule has 40 heavy (non-hydrogen) atoms. The van der Waals surface area contributed by atoms with Gasteiger partial charge in [-0.3, -0.25) is 4.79 Å². The summed E-state index contributed by atoms with van der Waals surface area (Å²) in [5.74, 6) is 0.484. The van der Waals surface area contributed by atoms with Crippen LogP contribution in [0.1, 0.15) is 75.5 Å². The lowest BCUT2D eigenvalue weighted by molar-refractivity contribution is -0.125. The highest BCUT2D eigenvalue weighted by molar-refractivity contribution is 5.86. The number of carbonyl (C=O) groups is 2. The maximum Gasteiger partial charge on any atom is 0.407 e. The van der Waals surface area contributed by atoms with Gasteiger partial charge in [0.15, 0.2) is 0 Å². The molecule has 0 radical (unpaired) electrons. The Hall–Kier alpha value is -3.65. The van der Waals surface area contributed by atoms with E-state index < -0.39 is 24.3 Å². The molecule has 4 N–H and O–H groups in total. The first-order valence-electron chi connectivity index (χ1n) is 14.2. The number of ether oxygens (including phenoxy) is 1. The Labute approximate surface area is 238 Å². The molecule has 0 aliphatic rings. The first-order chi connectivity index (χ1) is 19.2. The molecule has 0 bridgehead atoms. The van der Waals surface area contributed by atoms with E-state index in [9.17, 15) is 14.7 Å². The van der Waals surface area contributed by atoms with Crippen LogP contribution in [0, 0.1) is 5.92 Å². The zero-order valence-corrected chi connectivity index (χ0v) is 24.3. The van der Waals surface area contributed by atoms with Crippen molar-refractivity contribution in [1.82, 2.24) is 20.6 Å². The minimum absolute atomic E-state index is 0.0985. The molecule has 0 saturated heterocycles. The predicted molar refractivity (Wildman–Crippen MR) is 157 cm³/mol. The van der Waals surface area contributed by atoms with Gasteiger partial charge in [-0.2, -0.15) is 0 Å². The fourth-order valence-electron chi connectivity index (χ4n) is 4.76. The molecule has 0 aliphatic heterocycles. The summed E-state index contributed by atoms with van der Waals surface area (Å²) in [6, 6.07) is 18.5. The fraction of sp³-hybridized carbons (Fsp3) is 0.469. The summed E-state index contributed by atoms with van der Waals surface area (Å²) >= 11 is 0. The van der Waals surface area contributed by atoms with E-state index in [4.69, 9.17) is 4.74 Å². The molecule has 4 atom stereocenters. The van der Waals surface area contributed by atoms with Crippen molar-refractivity contribution >= 4 is 12.0 Å². The van der Waals surface area contributed by atoms with Crippen LogP contribution < -0.4 is 10.6 Å². The van der Waals surface area contributed by atoms with Gasteiger partial charge in [-0.05, 0) is 49.1 Å². The molecule has 3 rings (SSSR count). The Morgan fingerprint density at radius 2 is 1.52 bits per heavy atom. The average Bonchev–Trinajstić information content (AvgIpc) is 3.43. The van der Waals surface area contributed by atoms with Crippen molar-refractivity contribution in [2.24, 2.45) is 5.92 Å². The summed E-state index contributed by atoms with van der Waals surface area (Å²) in [5.41, 5.74) is 3.18. The van der Waals surface area contributed by atoms with Gasteiger partial charge >= 0.3 is 6.09 Å². The monoisotopic (exact) mass is 548 g/mol. The lowest BCUT2D eigenvalue weighted by Crippen LogP contribution is -2.55. The van der Waals surface area contributed by atoms with Gasteiger partial charge in [-0.25, -0.2) is 9.78 Å². The molecule has 216 valence electrons. The second-order valence-corrected chi connectivity index (χ2v) is 11.0. The Balaban J connectivity index is 1.86. The van der Waals surface area contributed by atoms with E-state index in [1.54, 1.807) is 6.92 Å². The van der Waals surface area contributed by atoms with E-state index in [0.717, 1.165) is 22.6 Å². The summed E-state index contributed by atoms with van der Waals surface area (Å²) in [6.45, 7) is 9.86. The van der Waals surface area contributed by atoms with Crippen molar-refractivity contribution in [1.29, 1.82) is 0 Å². The lowest BCUT2D eigenvalue weighted by atomic mass is 9.88. The largest absolute Gasteiger partial charge is 0.450 e. The molecule has 0 spiro atoms. The van der Waals surface area contributed by atoms with Gasteiger partial charge in [0.1, 0.15) is 11.9 Å². The van der Waals surface area contributed by atoms with E-state index in [2.05, 4.69) is 46.6 Å². The first kappa shape index (κ1) is 30.9. The zero-order chi connectivity index (χ0) is 29.1. The normalized spacial score (nSPS) is 14.4. The number of benzene rings is 2. The Morgan fingerprint density at radius 3 is 2.05 bits per heavy atom. The number of H-pyrrole nitrogens is 1. The van der Waals surface area contributed by atoms with Gasteiger partial charge in [0.05, 0.1) is 18.8 Å². The maximum atomic E-state index is 13.4. The lowest BCUT2D eigenvalue weighted by Gasteiger charge is -2.30. The van der Waals surface area contributed by atoms with Crippen molar-refractivity contribution in [3.8, 4) is 0 Å². The van der Waals surface area contributed by atoms with Gasteiger partial charge in [-0.1, -0.05) is 88.4 Å². The van der Waals surface area contributed by atoms with Crippen molar-refractivity contribution in [2.45, 2.75) is 83.9 Å². The first-order valence-corrected chi connectivity index (χ1v) is 14.2. The third-order valence-electron chi connectivity index (χ3n) is 7.06. The number of aromatic nitrogens is 2. The van der Waals surface area contributed by atoms with Crippen LogP contribution in [0.3, 0.4) is 0 Å². The standard InChI is InChI=1S/C32H44N4O4/c1-6-40-32(39)36-29(22(4)5)31(38)35-26(18-24-15-11-8-12-16-24)28(37)19-25(17-23-13-9-7-10-14-23)30-33-20-27(34-30)21(2)3/h7-16,20-22,25-26,28-29,37H,6,17-19H2,1-5H3,(H,33,34)(H,35,38)(H,36,39)/t25-,26+,28+,29+/m1/s1. The molecule has 2 amide bonds. The third kappa shape index (κ3) is 9.23. The molecule has 8 nitrogen and oxygen atoms in total. The SMILES string of the molecule is CCOC(=O)N[C@H](C(=O)N[C@@H](Cc1ccccc1)[C@@H](O)C[C@@H](Cc1ccccc1)c1ncc(C(C)C)[nH]1)C(C)C. The summed E-state index contributed by atoms with van der Waals surface area (Å²) in [5, 5.41) is 17.4. The minimum atomic E-state index is -0.874. The number of carbonyl (C=O) groups excluding carboxylic acids is 2. The van der Waals surface area contributed by atoms with Crippen LogP contribution in [0.5, 0.6) is 0 Å². The highest BCUT2D eigenvalue weighted by Crippen LogP contribution is 2.27. The molecular weight excluding hydrogens is 504 g/mol. The molecule has 3 aromatic rings. The number of aliphatic hydroxyl groups excluding tert-OH is 1. The Bertz CT molecular complexity index is 1180. The molecule has 0 fully saturated rings. The van der Waals surface area contributed by atoms with E-state index in [0.29, 0.717) is 25.2 Å². The summed E-state index contributed by atoms with van der Waals surface area (Å²) in [6.07, 6.45) is 1.86. The Morgan fingerprint density at radius 1 is 0.925 bits per heavy atom. The van der Waals surface area contributed by atoms with Gasteiger partial charge in [0.2, 0.25) is 5.91 Å². The number of alkyl carbamates (subject to hydrolysis) is 1. The van der Waals surface area contributed by atoms with E-state index >= 15 is 0 Å². The van der Waals surface area contributed by atoms with E-state index in [1.165, 1.54) is 0 Å². The molecule has 1 heterocycles. The van der Waals surface area contributed by atoms with Gasteiger partial charge in [0, 0.05) is 17.8 Å². The summed E-state index contributed by atoms with van der Waals surface area (Å²) in [4.78, 5) is 33.7. The second kappa shape index (κ2) is 15.2. The van der Waals surface area contributed by atoms with Crippen LogP contribution >= 0.6 is 0 Å². The maximum absolute atomic E-state index is 13.4. The van der Waals surface area contributed by atoms with Gasteiger partial charge in [-0.15, -0.1) is 0 Å². The number of amides is 2. The zero-order valence-electron chi connectivity index (χ0n) is 24.3. The smallest absolute Gasteiger partial charge is 0.407 e.